The molecule has 3 N–H and O–H groups in total. The molecule has 3 saturated heterocycles. The Balaban J connectivity index is 1.52. The first-order chi connectivity index (χ1) is 15.1. The van der Waals surface area contributed by atoms with E-state index in [9.17, 15) is 20.1 Å². The minimum absolute atomic E-state index is 0.00287. The van der Waals surface area contributed by atoms with Crippen molar-refractivity contribution in [3.63, 3.8) is 0 Å². The molecular weight excluding hydrogens is 424 g/mol. The monoisotopic (exact) mass is 462 g/mol. The Bertz CT molecular complexity index is 582. The Morgan fingerprint density at radius 2 is 1.22 bits per heavy atom. The average molecular weight is 463 g/mol. The third-order valence-electron chi connectivity index (χ3n) is 6.41. The molecule has 0 amide bonds. The molecule has 0 saturated carbocycles. The molecule has 0 aromatic heterocycles. The van der Waals surface area contributed by atoms with Gasteiger partial charge in [0.2, 0.25) is 0 Å². The molecule has 0 aromatic rings. The molecule has 10 heteroatoms. The van der Waals surface area contributed by atoms with Crippen LogP contribution < -0.4 is 0 Å². The molecule has 0 aromatic carbocycles. The van der Waals surface area contributed by atoms with Crippen molar-refractivity contribution in [3.8, 4) is 0 Å². The highest BCUT2D eigenvalue weighted by atomic mass is 16.7. The van der Waals surface area contributed by atoms with E-state index in [1.54, 1.807) is 13.8 Å². The van der Waals surface area contributed by atoms with Gasteiger partial charge >= 0.3 is 5.97 Å². The van der Waals surface area contributed by atoms with Crippen LogP contribution in [0, 0.1) is 0 Å². The standard InChI is InChI=1S/C22H38O10/c1-6-14-7-15(24)21(10(2)27-14)31-19-9-17(26)22(12(4)29-19)32-18-8-16(25)20(11(3)28-18)30-13(5)23/h10-12,14-22,24-26H,6-9H2,1-5H3. The highest BCUT2D eigenvalue weighted by Crippen LogP contribution is 2.32. The summed E-state index contributed by atoms with van der Waals surface area (Å²) in [6.45, 7) is 8.60. The van der Waals surface area contributed by atoms with Crippen molar-refractivity contribution in [3.05, 3.63) is 0 Å². The summed E-state index contributed by atoms with van der Waals surface area (Å²) in [5, 5.41) is 31.5. The fourth-order valence-corrected chi connectivity index (χ4v) is 4.74. The number of rotatable bonds is 6. The van der Waals surface area contributed by atoms with Crippen molar-refractivity contribution in [1.82, 2.24) is 0 Å². The van der Waals surface area contributed by atoms with Gasteiger partial charge in [-0.15, -0.1) is 0 Å². The van der Waals surface area contributed by atoms with E-state index < -0.39 is 67.4 Å². The summed E-state index contributed by atoms with van der Waals surface area (Å²) < 4.78 is 34.6. The minimum atomic E-state index is -0.943. The van der Waals surface area contributed by atoms with E-state index in [1.807, 2.05) is 13.8 Å². The lowest BCUT2D eigenvalue weighted by molar-refractivity contribution is -0.326. The summed E-state index contributed by atoms with van der Waals surface area (Å²) in [6.07, 6.45) is -5.83. The second-order valence-corrected chi connectivity index (χ2v) is 9.10. The van der Waals surface area contributed by atoms with Crippen LogP contribution in [0.4, 0.5) is 0 Å². The second kappa shape index (κ2) is 11.1. The predicted octanol–water partition coefficient (Wildman–Crippen LogP) is 0.628. The molecule has 0 aliphatic carbocycles. The highest BCUT2D eigenvalue weighted by Gasteiger charge is 2.45. The van der Waals surface area contributed by atoms with Gasteiger partial charge < -0.3 is 43.7 Å². The number of aliphatic hydroxyl groups is 3. The van der Waals surface area contributed by atoms with E-state index in [-0.39, 0.29) is 25.0 Å². The quantitative estimate of drug-likeness (QED) is 0.483. The van der Waals surface area contributed by atoms with E-state index in [0.717, 1.165) is 6.42 Å². The molecule has 3 rings (SSSR count). The first-order valence-electron chi connectivity index (χ1n) is 11.6. The van der Waals surface area contributed by atoms with Crippen LogP contribution in [-0.4, -0.2) is 94.9 Å². The number of aliphatic hydroxyl groups excluding tert-OH is 3. The van der Waals surface area contributed by atoms with Crippen molar-refractivity contribution in [2.24, 2.45) is 0 Å². The summed E-state index contributed by atoms with van der Waals surface area (Å²) in [7, 11) is 0. The summed E-state index contributed by atoms with van der Waals surface area (Å²) >= 11 is 0. The van der Waals surface area contributed by atoms with Crippen LogP contribution in [0.3, 0.4) is 0 Å². The number of hydrogen-bond acceptors (Lipinski definition) is 10. The zero-order valence-corrected chi connectivity index (χ0v) is 19.5. The van der Waals surface area contributed by atoms with E-state index in [2.05, 4.69) is 0 Å². The third-order valence-corrected chi connectivity index (χ3v) is 6.41. The molecule has 12 unspecified atom stereocenters. The van der Waals surface area contributed by atoms with Gasteiger partial charge in [-0.25, -0.2) is 0 Å². The number of carbonyl (C=O) groups excluding carboxylic acids is 1. The van der Waals surface area contributed by atoms with Gasteiger partial charge in [0, 0.05) is 26.2 Å². The topological polar surface area (TPSA) is 133 Å². The lowest BCUT2D eigenvalue weighted by Crippen LogP contribution is -2.56. The van der Waals surface area contributed by atoms with Crippen molar-refractivity contribution < 1.29 is 48.5 Å². The van der Waals surface area contributed by atoms with Crippen molar-refractivity contribution in [2.45, 2.75) is 134 Å². The van der Waals surface area contributed by atoms with E-state index in [0.29, 0.717) is 6.42 Å². The minimum Gasteiger partial charge on any atom is -0.457 e. The molecule has 32 heavy (non-hydrogen) atoms. The third kappa shape index (κ3) is 6.18. The van der Waals surface area contributed by atoms with Gasteiger partial charge in [-0.1, -0.05) is 6.92 Å². The number of hydrogen-bond donors (Lipinski definition) is 3. The maximum Gasteiger partial charge on any atom is 0.303 e. The molecule has 186 valence electrons. The Labute approximate surface area is 189 Å². The van der Waals surface area contributed by atoms with Crippen molar-refractivity contribution >= 4 is 5.97 Å². The van der Waals surface area contributed by atoms with Crippen LogP contribution in [-0.2, 0) is 33.2 Å². The maximum absolute atomic E-state index is 11.2. The molecule has 3 heterocycles. The zero-order chi connectivity index (χ0) is 23.6. The molecule has 0 bridgehead atoms. The highest BCUT2D eigenvalue weighted by molar-refractivity contribution is 5.66. The van der Waals surface area contributed by atoms with Gasteiger partial charge in [0.05, 0.1) is 42.7 Å². The number of ether oxygens (including phenoxy) is 6. The Hall–Kier alpha value is -0.850. The summed E-state index contributed by atoms with van der Waals surface area (Å²) in [5.74, 6) is -0.493. The van der Waals surface area contributed by atoms with Crippen LogP contribution in [0.5, 0.6) is 0 Å². The van der Waals surface area contributed by atoms with Crippen LogP contribution in [0.2, 0.25) is 0 Å². The Kier molecular flexibility index (Phi) is 8.90. The fraction of sp³-hybridized carbons (Fsp3) is 0.955. The van der Waals surface area contributed by atoms with Crippen LogP contribution >= 0.6 is 0 Å². The normalized spacial score (nSPS) is 47.8. The predicted molar refractivity (Wildman–Crippen MR) is 110 cm³/mol. The number of esters is 1. The van der Waals surface area contributed by atoms with Gasteiger partial charge in [-0.05, 0) is 27.2 Å². The first kappa shape index (κ1) is 25.8. The molecule has 3 aliphatic heterocycles. The molecule has 0 radical (unpaired) electrons. The maximum atomic E-state index is 11.2. The lowest BCUT2D eigenvalue weighted by atomic mass is 9.96. The molecule has 0 spiro atoms. The molecular formula is C22H38O10. The fourth-order valence-electron chi connectivity index (χ4n) is 4.74. The van der Waals surface area contributed by atoms with Gasteiger partial charge in [-0.3, -0.25) is 4.79 Å². The SMILES string of the molecule is CCC1CC(O)C(OC2CC(O)C(OC3CC(O)C(OC(C)=O)C(C)O3)C(C)O2)C(C)O1. The Morgan fingerprint density at radius 1 is 0.781 bits per heavy atom. The summed E-state index contributed by atoms with van der Waals surface area (Å²) in [5.41, 5.74) is 0. The van der Waals surface area contributed by atoms with Crippen molar-refractivity contribution in [1.29, 1.82) is 0 Å². The Morgan fingerprint density at radius 3 is 1.62 bits per heavy atom. The average Bonchev–Trinajstić information content (AvgIpc) is 2.70. The van der Waals surface area contributed by atoms with Gasteiger partial charge in [0.1, 0.15) is 12.2 Å². The zero-order valence-electron chi connectivity index (χ0n) is 19.5. The van der Waals surface area contributed by atoms with E-state index in [1.165, 1.54) is 6.92 Å². The van der Waals surface area contributed by atoms with Gasteiger partial charge in [0.25, 0.3) is 0 Å². The summed E-state index contributed by atoms with van der Waals surface area (Å²) in [6, 6.07) is 0. The van der Waals surface area contributed by atoms with Crippen LogP contribution in [0.25, 0.3) is 0 Å². The van der Waals surface area contributed by atoms with Crippen LogP contribution in [0.15, 0.2) is 0 Å². The number of carbonyl (C=O) groups is 1. The summed E-state index contributed by atoms with van der Waals surface area (Å²) in [4.78, 5) is 11.2. The molecule has 3 aliphatic rings. The van der Waals surface area contributed by atoms with Gasteiger partial charge in [-0.2, -0.15) is 0 Å². The van der Waals surface area contributed by atoms with Gasteiger partial charge in [0.15, 0.2) is 18.7 Å². The molecule has 12 atom stereocenters. The largest absolute Gasteiger partial charge is 0.457 e. The van der Waals surface area contributed by atoms with E-state index in [4.69, 9.17) is 28.4 Å². The molecule has 3 fully saturated rings. The van der Waals surface area contributed by atoms with Crippen molar-refractivity contribution in [2.75, 3.05) is 0 Å². The lowest BCUT2D eigenvalue weighted by Gasteiger charge is -2.44. The molecule has 10 nitrogen and oxygen atoms in total. The first-order valence-corrected chi connectivity index (χ1v) is 11.6. The second-order valence-electron chi connectivity index (χ2n) is 9.10. The smallest absolute Gasteiger partial charge is 0.303 e. The van der Waals surface area contributed by atoms with E-state index >= 15 is 0 Å². The van der Waals surface area contributed by atoms with Crippen LogP contribution in [0.1, 0.15) is 60.3 Å².